The first-order valence-electron chi connectivity index (χ1n) is 7.52. The molecule has 0 radical (unpaired) electrons. The summed E-state index contributed by atoms with van der Waals surface area (Å²) >= 11 is 5.83. The normalized spacial score (nSPS) is 22.3. The van der Waals surface area contributed by atoms with Crippen LogP contribution >= 0.6 is 11.6 Å². The van der Waals surface area contributed by atoms with Crippen molar-refractivity contribution >= 4 is 21.4 Å². The second kappa shape index (κ2) is 6.11. The molecule has 0 unspecified atom stereocenters. The number of hydrogen-bond donors (Lipinski definition) is 2. The number of sulfone groups is 1. The molecule has 2 atom stereocenters. The predicted octanol–water partition coefficient (Wildman–Crippen LogP) is 2.32. The highest BCUT2D eigenvalue weighted by molar-refractivity contribution is 7.92. The Kier molecular flexibility index (Phi) is 4.42. The zero-order valence-electron chi connectivity index (χ0n) is 12.8. The van der Waals surface area contributed by atoms with Gasteiger partial charge in [-0.3, -0.25) is 0 Å². The lowest BCUT2D eigenvalue weighted by molar-refractivity contribution is 0.509. The maximum Gasteiger partial charge on any atom is 0.182 e. The van der Waals surface area contributed by atoms with Crippen molar-refractivity contribution in [2.45, 2.75) is 16.1 Å². The van der Waals surface area contributed by atoms with Gasteiger partial charge in [0.15, 0.2) is 9.84 Å². The van der Waals surface area contributed by atoms with Gasteiger partial charge >= 0.3 is 0 Å². The van der Waals surface area contributed by atoms with E-state index < -0.39 is 32.2 Å². The molecule has 2 aromatic rings. The van der Waals surface area contributed by atoms with E-state index in [1.165, 1.54) is 36.4 Å². The SMILES string of the molecule is NCC1(CN)[C@H](c2cccc(F)c2)[C@@H]1S(=O)(=O)c1ccc(Cl)cc1. The Labute approximate surface area is 145 Å². The molecule has 0 bridgehead atoms. The Hall–Kier alpha value is -1.47. The van der Waals surface area contributed by atoms with Crippen LogP contribution in [-0.2, 0) is 9.84 Å². The zero-order chi connectivity index (χ0) is 17.5. The Morgan fingerprint density at radius 3 is 2.25 bits per heavy atom. The largest absolute Gasteiger partial charge is 0.330 e. The van der Waals surface area contributed by atoms with Crippen molar-refractivity contribution in [3.63, 3.8) is 0 Å². The molecule has 2 aromatic carbocycles. The van der Waals surface area contributed by atoms with E-state index in [-0.39, 0.29) is 18.0 Å². The third kappa shape index (κ3) is 2.63. The van der Waals surface area contributed by atoms with Crippen LogP contribution in [0.1, 0.15) is 11.5 Å². The van der Waals surface area contributed by atoms with E-state index in [9.17, 15) is 12.8 Å². The summed E-state index contributed by atoms with van der Waals surface area (Å²) in [4.78, 5) is 0.169. The van der Waals surface area contributed by atoms with Crippen LogP contribution in [0.5, 0.6) is 0 Å². The van der Waals surface area contributed by atoms with Gasteiger partial charge in [0.1, 0.15) is 5.82 Å². The first-order valence-corrected chi connectivity index (χ1v) is 9.44. The van der Waals surface area contributed by atoms with Gasteiger partial charge in [0.2, 0.25) is 0 Å². The van der Waals surface area contributed by atoms with Crippen molar-refractivity contribution in [3.05, 3.63) is 64.9 Å². The van der Waals surface area contributed by atoms with Crippen LogP contribution in [0.4, 0.5) is 4.39 Å². The van der Waals surface area contributed by atoms with Crippen LogP contribution in [-0.4, -0.2) is 26.8 Å². The molecule has 1 saturated carbocycles. The van der Waals surface area contributed by atoms with E-state index in [0.29, 0.717) is 10.6 Å². The molecule has 0 aromatic heterocycles. The summed E-state index contributed by atoms with van der Waals surface area (Å²) in [6.45, 7) is 0.227. The van der Waals surface area contributed by atoms with Gasteiger partial charge in [-0.05, 0) is 42.0 Å². The fourth-order valence-electron chi connectivity index (χ4n) is 3.49. The second-order valence-corrected chi connectivity index (χ2v) is 8.60. The van der Waals surface area contributed by atoms with Crippen molar-refractivity contribution in [1.29, 1.82) is 0 Å². The monoisotopic (exact) mass is 368 g/mol. The zero-order valence-corrected chi connectivity index (χ0v) is 14.4. The van der Waals surface area contributed by atoms with Crippen LogP contribution in [0.3, 0.4) is 0 Å². The van der Waals surface area contributed by atoms with E-state index in [2.05, 4.69) is 0 Å². The van der Waals surface area contributed by atoms with E-state index >= 15 is 0 Å². The number of rotatable bonds is 5. The molecule has 0 amide bonds. The molecule has 0 spiro atoms. The lowest BCUT2D eigenvalue weighted by atomic mass is 9.99. The average molecular weight is 369 g/mol. The van der Waals surface area contributed by atoms with Crippen LogP contribution in [0.25, 0.3) is 0 Å². The topological polar surface area (TPSA) is 86.2 Å². The lowest BCUT2D eigenvalue weighted by Crippen LogP contribution is -2.31. The molecule has 1 aliphatic carbocycles. The van der Waals surface area contributed by atoms with Crippen molar-refractivity contribution in [2.24, 2.45) is 16.9 Å². The quantitative estimate of drug-likeness (QED) is 0.848. The van der Waals surface area contributed by atoms with Crippen molar-refractivity contribution in [3.8, 4) is 0 Å². The molecule has 0 heterocycles. The summed E-state index contributed by atoms with van der Waals surface area (Å²) in [5.74, 6) is -0.839. The van der Waals surface area contributed by atoms with Gasteiger partial charge in [0.05, 0.1) is 10.1 Å². The minimum atomic E-state index is -3.67. The number of nitrogens with two attached hydrogens (primary N) is 2. The van der Waals surface area contributed by atoms with Crippen LogP contribution in [0.15, 0.2) is 53.4 Å². The van der Waals surface area contributed by atoms with Gasteiger partial charge in [-0.15, -0.1) is 0 Å². The fraction of sp³-hybridized carbons (Fsp3) is 0.294. The molecule has 24 heavy (non-hydrogen) atoms. The van der Waals surface area contributed by atoms with Crippen molar-refractivity contribution in [2.75, 3.05) is 13.1 Å². The van der Waals surface area contributed by atoms with E-state index in [0.717, 1.165) is 0 Å². The van der Waals surface area contributed by atoms with Crippen LogP contribution < -0.4 is 11.5 Å². The molecular weight excluding hydrogens is 351 g/mol. The van der Waals surface area contributed by atoms with Gasteiger partial charge in [-0.25, -0.2) is 12.8 Å². The van der Waals surface area contributed by atoms with E-state index in [4.69, 9.17) is 23.1 Å². The summed E-state index contributed by atoms with van der Waals surface area (Å²) in [5, 5.41) is -0.321. The Morgan fingerprint density at radius 2 is 1.71 bits per heavy atom. The Bertz CT molecular complexity index is 851. The lowest BCUT2D eigenvalue weighted by Gasteiger charge is -2.13. The fourth-order valence-corrected chi connectivity index (χ4v) is 6.09. The van der Waals surface area contributed by atoms with Gasteiger partial charge < -0.3 is 11.5 Å². The first-order chi connectivity index (χ1) is 11.4. The van der Waals surface area contributed by atoms with Crippen LogP contribution in [0.2, 0.25) is 5.02 Å². The maximum absolute atomic E-state index is 13.6. The minimum absolute atomic E-state index is 0.113. The smallest absolute Gasteiger partial charge is 0.182 e. The molecule has 1 fully saturated rings. The number of benzene rings is 2. The highest BCUT2D eigenvalue weighted by atomic mass is 35.5. The molecule has 3 rings (SSSR count). The molecule has 0 aliphatic heterocycles. The van der Waals surface area contributed by atoms with E-state index in [1.807, 2.05) is 0 Å². The third-order valence-electron chi connectivity index (χ3n) is 4.82. The number of hydrogen-bond acceptors (Lipinski definition) is 4. The second-order valence-electron chi connectivity index (χ2n) is 6.09. The summed E-state index contributed by atoms with van der Waals surface area (Å²) in [6.07, 6.45) is 0. The molecule has 1 aliphatic rings. The van der Waals surface area contributed by atoms with E-state index in [1.54, 1.807) is 12.1 Å². The summed E-state index contributed by atoms with van der Waals surface area (Å²) in [7, 11) is -3.67. The van der Waals surface area contributed by atoms with Crippen molar-refractivity contribution in [1.82, 2.24) is 0 Å². The Morgan fingerprint density at radius 1 is 1.08 bits per heavy atom. The van der Waals surface area contributed by atoms with Gasteiger partial charge in [0, 0.05) is 29.4 Å². The molecule has 128 valence electrons. The van der Waals surface area contributed by atoms with Crippen LogP contribution in [0, 0.1) is 11.2 Å². The molecule has 7 heteroatoms. The standard InChI is InChI=1S/C17H18ClFN2O2S/c18-12-4-6-14(7-5-12)24(22,23)16-15(17(16,9-20)10-21)11-2-1-3-13(19)8-11/h1-8,15-16H,9-10,20-21H2/t15-,16+/m1/s1. The number of halogens is 2. The Balaban J connectivity index is 2.06. The summed E-state index contributed by atoms with van der Waals surface area (Å²) < 4.78 is 39.7. The molecular formula is C17H18ClFN2O2S. The summed E-state index contributed by atoms with van der Waals surface area (Å²) in [6, 6.07) is 11.9. The summed E-state index contributed by atoms with van der Waals surface area (Å²) in [5.41, 5.74) is 11.6. The highest BCUT2D eigenvalue weighted by Gasteiger charge is 2.69. The molecule has 0 saturated heterocycles. The average Bonchev–Trinajstić information content (AvgIpc) is 3.26. The highest BCUT2D eigenvalue weighted by Crippen LogP contribution is 2.63. The first kappa shape index (κ1) is 17.4. The minimum Gasteiger partial charge on any atom is -0.330 e. The maximum atomic E-state index is 13.6. The van der Waals surface area contributed by atoms with Gasteiger partial charge in [-0.1, -0.05) is 23.7 Å². The van der Waals surface area contributed by atoms with Gasteiger partial charge in [0.25, 0.3) is 0 Å². The molecule has 4 N–H and O–H groups in total. The molecule has 4 nitrogen and oxygen atoms in total. The van der Waals surface area contributed by atoms with Gasteiger partial charge in [-0.2, -0.15) is 0 Å². The predicted molar refractivity (Wildman–Crippen MR) is 92.1 cm³/mol. The van der Waals surface area contributed by atoms with Crippen molar-refractivity contribution < 1.29 is 12.8 Å². The third-order valence-corrected chi connectivity index (χ3v) is 7.42.